The van der Waals surface area contributed by atoms with E-state index in [1.54, 1.807) is 0 Å². The Bertz CT molecular complexity index is 1800. The van der Waals surface area contributed by atoms with Crippen LogP contribution < -0.4 is 5.73 Å². The molecule has 0 aromatic carbocycles. The minimum Gasteiger partial charge on any atom is -0.477 e. The minimum atomic E-state index is -3.07. The smallest absolute Gasteiger partial charge is 0.364 e. The lowest BCUT2D eigenvalue weighted by Crippen LogP contribution is -2.70. The van der Waals surface area contributed by atoms with Crippen LogP contribution in [0.25, 0.3) is 0 Å². The second kappa shape index (κ2) is 31.6. The highest BCUT2D eigenvalue weighted by Gasteiger charge is 2.60. The van der Waals surface area contributed by atoms with Gasteiger partial charge < -0.3 is 160 Å². The summed E-state index contributed by atoms with van der Waals surface area (Å²) in [5, 5.41) is 203. The van der Waals surface area contributed by atoms with E-state index >= 15 is 0 Å². The Labute approximate surface area is 458 Å². The average molecular weight is 1180 g/mol. The van der Waals surface area contributed by atoms with Crippen LogP contribution in [0, 0.1) is 5.92 Å². The number of unbranched alkanes of at least 4 members (excludes halogenated alkanes) is 3. The highest BCUT2D eigenvalue weighted by atomic mass is 16.8. The normalized spacial score (nSPS) is 43.2. The zero-order valence-corrected chi connectivity index (χ0v) is 44.3. The monoisotopic (exact) mass is 1180 g/mol. The number of aliphatic hydroxyl groups excluding tert-OH is 18. The van der Waals surface area contributed by atoms with Crippen LogP contribution >= 0.6 is 0 Å². The van der Waals surface area contributed by atoms with Crippen molar-refractivity contribution in [1.82, 2.24) is 0 Å². The first-order valence-corrected chi connectivity index (χ1v) is 26.5. The molecule has 0 saturated carbocycles. The Kier molecular flexibility index (Phi) is 27.2. The maximum Gasteiger partial charge on any atom is 0.364 e. The summed E-state index contributed by atoms with van der Waals surface area (Å²) in [5.41, 5.74) is 5.95. The number of nitrogens with two attached hydrogens (primary N) is 1. The van der Waals surface area contributed by atoms with Crippen LogP contribution in [0.2, 0.25) is 0 Å². The molecule has 80 heavy (non-hydrogen) atoms. The van der Waals surface area contributed by atoms with E-state index in [1.165, 1.54) is 13.8 Å². The van der Waals surface area contributed by atoms with Crippen LogP contribution in [-0.2, 0) is 61.6 Å². The summed E-state index contributed by atoms with van der Waals surface area (Å²) in [4.78, 5) is 12.9. The molecule has 0 spiro atoms. The summed E-state index contributed by atoms with van der Waals surface area (Å²) in [7, 11) is 0. The van der Waals surface area contributed by atoms with Crippen LogP contribution in [0.15, 0.2) is 0 Å². The van der Waals surface area contributed by atoms with Gasteiger partial charge in [-0.3, -0.25) is 0 Å². The van der Waals surface area contributed by atoms with Crippen molar-refractivity contribution in [2.24, 2.45) is 11.7 Å². The Morgan fingerprint density at radius 2 is 1.15 bits per heavy atom. The molecular formula is C47H85NO32. The average Bonchev–Trinajstić information content (AvgIpc) is 3.62. The maximum absolute atomic E-state index is 12.9. The summed E-state index contributed by atoms with van der Waals surface area (Å²) in [6.45, 7) is -1.98. The first kappa shape index (κ1) is 69.0. The fourth-order valence-electron chi connectivity index (χ4n) is 9.91. The second-order valence-electron chi connectivity index (χ2n) is 20.6. The van der Waals surface area contributed by atoms with Crippen molar-refractivity contribution in [3.8, 4) is 0 Å². The molecule has 5 rings (SSSR count). The molecule has 33 heteroatoms. The third kappa shape index (κ3) is 16.0. The predicted octanol–water partition coefficient (Wildman–Crippen LogP) is -10.4. The molecule has 5 saturated heterocycles. The molecule has 5 fully saturated rings. The van der Waals surface area contributed by atoms with E-state index in [0.717, 1.165) is 19.3 Å². The fourth-order valence-corrected chi connectivity index (χ4v) is 9.91. The molecule has 5 aliphatic heterocycles. The lowest BCUT2D eigenvalue weighted by Gasteiger charge is -2.51. The van der Waals surface area contributed by atoms with E-state index < -0.39 is 242 Å². The van der Waals surface area contributed by atoms with E-state index in [4.69, 9.17) is 62.6 Å². The highest BCUT2D eigenvalue weighted by Crippen LogP contribution is 2.40. The molecule has 33 nitrogen and oxygen atoms in total. The van der Waals surface area contributed by atoms with Crippen LogP contribution in [0.1, 0.15) is 52.9 Å². The molecule has 5 heterocycles. The number of aliphatic carboxylic acids is 1. The number of carboxylic acids is 1. The Morgan fingerprint density at radius 1 is 0.613 bits per heavy atom. The molecule has 470 valence electrons. The molecule has 0 aromatic heterocycles. The van der Waals surface area contributed by atoms with Crippen LogP contribution in [-0.4, -0.2) is 333 Å². The Morgan fingerprint density at radius 3 is 1.71 bits per heavy atom. The van der Waals surface area contributed by atoms with Crippen molar-refractivity contribution in [3.05, 3.63) is 0 Å². The quantitative estimate of drug-likeness (QED) is 0.0235. The van der Waals surface area contributed by atoms with Crippen molar-refractivity contribution in [2.45, 2.75) is 230 Å². The summed E-state index contributed by atoms with van der Waals surface area (Å²) in [5.74, 6) is -6.38. The number of carbonyl (C=O) groups is 1. The van der Waals surface area contributed by atoms with Crippen LogP contribution in [0.3, 0.4) is 0 Å². The molecule has 0 amide bonds. The van der Waals surface area contributed by atoms with Gasteiger partial charge in [0.25, 0.3) is 5.79 Å². The summed E-state index contributed by atoms with van der Waals surface area (Å²) >= 11 is 0. The SMILES string of the molecule is CCCCCCO[C@@H]1OC(CO)[C@@H](O[C@H](OC(CO)[C@@H](C)O[C@H]2OC(CO)[C@H](O)[C@H](O[C@@H]3OC(CO)[C@H](O)C(O[C@@H]4OC(CO)[C@H](O)C(O[C@]5(C(=O)O)C[C@@H](O)[C@@H](N)C([C@H](O)[C@H](O)CO)O5)[C@@H]4O)[C@@H]3C)C2O)[C@@H](O)CO)C(O)[C@@H]1O. The molecule has 21 N–H and O–H groups in total. The van der Waals surface area contributed by atoms with Crippen LogP contribution in [0.5, 0.6) is 0 Å². The number of ether oxygens (including phenoxy) is 12. The molecule has 10 unspecified atom stereocenters. The molecule has 0 bridgehead atoms. The van der Waals surface area contributed by atoms with Gasteiger partial charge in [0.15, 0.2) is 31.5 Å². The van der Waals surface area contributed by atoms with Crippen molar-refractivity contribution in [1.29, 1.82) is 0 Å². The van der Waals surface area contributed by atoms with Crippen LogP contribution in [0.4, 0.5) is 0 Å². The zero-order chi connectivity index (χ0) is 59.5. The highest BCUT2D eigenvalue weighted by molar-refractivity contribution is 5.76. The minimum absolute atomic E-state index is 0.159. The van der Waals surface area contributed by atoms with Gasteiger partial charge in [-0.1, -0.05) is 33.1 Å². The van der Waals surface area contributed by atoms with Gasteiger partial charge in [0.1, 0.15) is 116 Å². The predicted molar refractivity (Wildman–Crippen MR) is 256 cm³/mol. The molecule has 0 radical (unpaired) electrons. The van der Waals surface area contributed by atoms with E-state index in [2.05, 4.69) is 0 Å². The number of hydrogen-bond acceptors (Lipinski definition) is 32. The van der Waals surface area contributed by atoms with E-state index in [0.29, 0.717) is 6.42 Å². The third-order valence-electron chi connectivity index (χ3n) is 14.8. The van der Waals surface area contributed by atoms with E-state index in [9.17, 15) is 102 Å². The van der Waals surface area contributed by atoms with Crippen molar-refractivity contribution >= 4 is 5.97 Å². The lowest BCUT2D eigenvalue weighted by molar-refractivity contribution is -0.390. The van der Waals surface area contributed by atoms with Gasteiger partial charge in [0.05, 0.1) is 70.6 Å². The van der Waals surface area contributed by atoms with Gasteiger partial charge >= 0.3 is 5.97 Å². The number of rotatable bonds is 30. The number of aliphatic hydroxyl groups is 18. The first-order valence-electron chi connectivity index (χ1n) is 26.5. The van der Waals surface area contributed by atoms with Gasteiger partial charge in [0, 0.05) is 18.9 Å². The van der Waals surface area contributed by atoms with Gasteiger partial charge in [-0.2, -0.15) is 0 Å². The third-order valence-corrected chi connectivity index (χ3v) is 14.8. The van der Waals surface area contributed by atoms with Crippen molar-refractivity contribution < 1.29 is 159 Å². The molecule has 0 aliphatic carbocycles. The molecule has 30 atom stereocenters. The fraction of sp³-hybridized carbons (Fsp3) is 0.979. The first-order chi connectivity index (χ1) is 37.9. The summed E-state index contributed by atoms with van der Waals surface area (Å²) < 4.78 is 69.2. The van der Waals surface area contributed by atoms with Gasteiger partial charge in [-0.25, -0.2) is 4.79 Å². The molecule has 5 aliphatic rings. The van der Waals surface area contributed by atoms with Gasteiger partial charge in [-0.15, -0.1) is 0 Å². The molecular weight excluding hydrogens is 1090 g/mol. The van der Waals surface area contributed by atoms with Gasteiger partial charge in [0.2, 0.25) is 0 Å². The van der Waals surface area contributed by atoms with E-state index in [-0.39, 0.29) is 6.61 Å². The lowest BCUT2D eigenvalue weighted by atomic mass is 9.88. The van der Waals surface area contributed by atoms with E-state index in [1.807, 2.05) is 6.92 Å². The molecule has 0 aromatic rings. The Hall–Kier alpha value is -1.77. The number of hydrogen-bond donors (Lipinski definition) is 20. The largest absolute Gasteiger partial charge is 0.477 e. The Balaban J connectivity index is 1.31. The van der Waals surface area contributed by atoms with Crippen molar-refractivity contribution in [2.75, 3.05) is 52.9 Å². The summed E-state index contributed by atoms with van der Waals surface area (Å²) in [6.07, 6.45) is -47.0. The second-order valence-corrected chi connectivity index (χ2v) is 20.6. The standard InChI is InChI=1S/C47H85NO32/c1-4-5-6-7-8-69-43-33(64)32(63)37(26(16-55)75-43)77-42(21(58)11-50)71-22(12-51)18(3)70-44-34(65)39(30(61)24(14-53)73-44)78-41-17(2)36(29(60)23(13-52)72-41)76-45-35(66)40(31(62)25(15-54)74-45)80-47(46(67)68)9-19(56)27(48)38(79-47)28(59)20(57)10-49/h17-45,49-66H,4-16,48H2,1-3H3,(H,67,68)/t17-,18+,19+,20+,21-,22?,23?,24?,25?,26?,27+,28+,29-,30-,31-,32?,33-,34?,35-,36?,37+,38?,39-,40?,41-,42-,43+,44-,45-,47-/m0/s1. The topological polar surface area (TPSA) is 538 Å². The number of carboxylic acid groups (broad SMARTS) is 1. The zero-order valence-electron chi connectivity index (χ0n) is 44.3. The van der Waals surface area contributed by atoms with Gasteiger partial charge in [-0.05, 0) is 13.3 Å². The van der Waals surface area contributed by atoms with Crippen molar-refractivity contribution in [3.63, 3.8) is 0 Å². The maximum atomic E-state index is 12.9. The summed E-state index contributed by atoms with van der Waals surface area (Å²) in [6, 6.07) is -1.58.